The van der Waals surface area contributed by atoms with Gasteiger partial charge >= 0.3 is 6.16 Å². The largest absolute Gasteiger partial charge is 0.506 e. The molecule has 0 aliphatic carbocycles. The second-order valence-corrected chi connectivity index (χ2v) is 3.10. The molecule has 1 rings (SSSR count). The van der Waals surface area contributed by atoms with E-state index in [1.165, 1.54) is 0 Å². The Morgan fingerprint density at radius 1 is 1.43 bits per heavy atom. The molecular weight excluding hydrogens is 180 g/mol. The first-order valence-corrected chi connectivity index (χ1v) is 4.66. The van der Waals surface area contributed by atoms with Crippen molar-refractivity contribution in [1.29, 1.82) is 0 Å². The molecule has 76 valence electrons. The number of ether oxygens (including phenoxy) is 1. The second-order valence-electron chi connectivity index (χ2n) is 3.10. The highest BCUT2D eigenvalue weighted by molar-refractivity contribution is 5.57. The molecule has 0 spiro atoms. The highest BCUT2D eigenvalue weighted by Crippen LogP contribution is 2.08. The zero-order valence-corrected chi connectivity index (χ0v) is 8.14. The summed E-state index contributed by atoms with van der Waals surface area (Å²) in [5, 5.41) is 8.47. The molecule has 1 aromatic carbocycles. The first-order chi connectivity index (χ1) is 6.72. The van der Waals surface area contributed by atoms with Crippen molar-refractivity contribution in [2.75, 3.05) is 0 Å². The van der Waals surface area contributed by atoms with E-state index in [1.54, 1.807) is 0 Å². The van der Waals surface area contributed by atoms with Crippen LogP contribution in [0, 0.1) is 0 Å². The van der Waals surface area contributed by atoms with Crippen molar-refractivity contribution in [3.05, 3.63) is 35.9 Å². The van der Waals surface area contributed by atoms with E-state index in [9.17, 15) is 4.79 Å². The van der Waals surface area contributed by atoms with Gasteiger partial charge in [0.15, 0.2) is 0 Å². The van der Waals surface area contributed by atoms with E-state index in [4.69, 9.17) is 9.84 Å². The Labute approximate surface area is 83.3 Å². The van der Waals surface area contributed by atoms with Crippen molar-refractivity contribution < 1.29 is 14.6 Å². The normalized spacial score (nSPS) is 12.1. The Kier molecular flexibility index (Phi) is 3.98. The van der Waals surface area contributed by atoms with Crippen molar-refractivity contribution in [3.63, 3.8) is 0 Å². The van der Waals surface area contributed by atoms with E-state index in [0.717, 1.165) is 5.56 Å². The summed E-state index contributed by atoms with van der Waals surface area (Å²) in [6.07, 6.45) is -0.104. The maximum atomic E-state index is 10.3. The molecule has 0 aromatic heterocycles. The van der Waals surface area contributed by atoms with Crippen LogP contribution < -0.4 is 0 Å². The number of rotatable bonds is 4. The summed E-state index contributed by atoms with van der Waals surface area (Å²) in [5.74, 6) is 0. The van der Waals surface area contributed by atoms with Crippen LogP contribution in [0.2, 0.25) is 0 Å². The Bertz CT molecular complexity index is 282. The van der Waals surface area contributed by atoms with Crippen molar-refractivity contribution in [1.82, 2.24) is 0 Å². The fraction of sp³-hybridized carbons (Fsp3) is 0.364. The van der Waals surface area contributed by atoms with Gasteiger partial charge in [-0.2, -0.15) is 0 Å². The number of benzene rings is 1. The maximum absolute atomic E-state index is 10.3. The van der Waals surface area contributed by atoms with E-state index in [-0.39, 0.29) is 6.10 Å². The molecule has 3 nitrogen and oxygen atoms in total. The summed E-state index contributed by atoms with van der Waals surface area (Å²) in [6.45, 7) is 1.91. The zero-order chi connectivity index (χ0) is 10.4. The monoisotopic (exact) mass is 194 g/mol. The summed E-state index contributed by atoms with van der Waals surface area (Å²) in [6, 6.07) is 9.73. The predicted molar refractivity (Wildman–Crippen MR) is 53.3 cm³/mol. The van der Waals surface area contributed by atoms with Gasteiger partial charge in [-0.05, 0) is 12.0 Å². The molecule has 1 N–H and O–H groups in total. The topological polar surface area (TPSA) is 46.5 Å². The standard InChI is InChI=1S/C11H14O3/c1-2-10(14-11(12)13)8-9-6-4-3-5-7-9/h3-7,10H,2,8H2,1H3,(H,12,13). The van der Waals surface area contributed by atoms with Crippen LogP contribution in [0.3, 0.4) is 0 Å². The molecule has 0 saturated carbocycles. The van der Waals surface area contributed by atoms with Crippen molar-refractivity contribution in [2.24, 2.45) is 0 Å². The number of carboxylic acid groups (broad SMARTS) is 1. The van der Waals surface area contributed by atoms with E-state index >= 15 is 0 Å². The van der Waals surface area contributed by atoms with Gasteiger partial charge in [-0.1, -0.05) is 37.3 Å². The van der Waals surface area contributed by atoms with Gasteiger partial charge in [0, 0.05) is 6.42 Å². The van der Waals surface area contributed by atoms with Gasteiger partial charge in [0.2, 0.25) is 0 Å². The number of hydrogen-bond donors (Lipinski definition) is 1. The molecule has 3 heteroatoms. The van der Waals surface area contributed by atoms with Gasteiger partial charge in [0.05, 0.1) is 0 Å². The van der Waals surface area contributed by atoms with Crippen LogP contribution in [-0.4, -0.2) is 17.4 Å². The molecule has 0 bridgehead atoms. The van der Waals surface area contributed by atoms with Crippen LogP contribution in [0.4, 0.5) is 4.79 Å². The average molecular weight is 194 g/mol. The Balaban J connectivity index is 2.53. The molecule has 0 aliphatic heterocycles. The highest BCUT2D eigenvalue weighted by Gasteiger charge is 2.11. The SMILES string of the molecule is CCC(Cc1ccccc1)OC(=O)O. The quantitative estimate of drug-likeness (QED) is 0.749. The molecule has 0 radical (unpaired) electrons. The summed E-state index contributed by atoms with van der Waals surface area (Å²) in [4.78, 5) is 10.3. The smallest absolute Gasteiger partial charge is 0.450 e. The van der Waals surface area contributed by atoms with Crippen LogP contribution in [0.5, 0.6) is 0 Å². The molecular formula is C11H14O3. The zero-order valence-electron chi connectivity index (χ0n) is 8.14. The second kappa shape index (κ2) is 5.27. The fourth-order valence-corrected chi connectivity index (χ4v) is 1.29. The average Bonchev–Trinajstić information content (AvgIpc) is 2.17. The third-order valence-corrected chi connectivity index (χ3v) is 2.03. The van der Waals surface area contributed by atoms with Crippen LogP contribution in [-0.2, 0) is 11.2 Å². The van der Waals surface area contributed by atoms with Gasteiger partial charge in [0.25, 0.3) is 0 Å². The van der Waals surface area contributed by atoms with E-state index in [0.29, 0.717) is 12.8 Å². The fourth-order valence-electron chi connectivity index (χ4n) is 1.29. The van der Waals surface area contributed by atoms with Gasteiger partial charge in [0.1, 0.15) is 6.10 Å². The molecule has 1 unspecified atom stereocenters. The van der Waals surface area contributed by atoms with E-state index in [2.05, 4.69) is 0 Å². The van der Waals surface area contributed by atoms with Crippen molar-refractivity contribution in [3.8, 4) is 0 Å². The first-order valence-electron chi connectivity index (χ1n) is 4.66. The van der Waals surface area contributed by atoms with Gasteiger partial charge in [-0.25, -0.2) is 4.79 Å². The van der Waals surface area contributed by atoms with Crippen LogP contribution >= 0.6 is 0 Å². The Hall–Kier alpha value is -1.51. The molecule has 0 heterocycles. The van der Waals surface area contributed by atoms with Gasteiger partial charge in [-0.3, -0.25) is 0 Å². The summed E-state index contributed by atoms with van der Waals surface area (Å²) in [5.41, 5.74) is 1.10. The molecule has 0 amide bonds. The predicted octanol–water partition coefficient (Wildman–Crippen LogP) is 2.70. The van der Waals surface area contributed by atoms with Gasteiger partial charge < -0.3 is 9.84 Å². The van der Waals surface area contributed by atoms with E-state index in [1.807, 2.05) is 37.3 Å². The minimum Gasteiger partial charge on any atom is -0.450 e. The molecule has 1 aromatic rings. The summed E-state index contributed by atoms with van der Waals surface area (Å²) < 4.78 is 4.72. The lowest BCUT2D eigenvalue weighted by atomic mass is 10.1. The minimum absolute atomic E-state index is 0.241. The lowest BCUT2D eigenvalue weighted by molar-refractivity contribution is 0.0503. The van der Waals surface area contributed by atoms with Crippen LogP contribution in [0.15, 0.2) is 30.3 Å². The summed E-state index contributed by atoms with van der Waals surface area (Å²) >= 11 is 0. The van der Waals surface area contributed by atoms with E-state index < -0.39 is 6.16 Å². The van der Waals surface area contributed by atoms with Crippen LogP contribution in [0.25, 0.3) is 0 Å². The minimum atomic E-state index is -1.20. The lowest BCUT2D eigenvalue weighted by Gasteiger charge is -2.13. The maximum Gasteiger partial charge on any atom is 0.506 e. The third-order valence-electron chi connectivity index (χ3n) is 2.03. The Morgan fingerprint density at radius 2 is 2.07 bits per heavy atom. The van der Waals surface area contributed by atoms with Crippen LogP contribution in [0.1, 0.15) is 18.9 Å². The lowest BCUT2D eigenvalue weighted by Crippen LogP contribution is -2.18. The molecule has 14 heavy (non-hydrogen) atoms. The molecule has 1 atom stereocenters. The first kappa shape index (κ1) is 10.6. The molecule has 0 aliphatic rings. The third kappa shape index (κ3) is 3.47. The Morgan fingerprint density at radius 3 is 2.57 bits per heavy atom. The molecule has 0 fully saturated rings. The number of hydrogen-bond acceptors (Lipinski definition) is 2. The van der Waals surface area contributed by atoms with Crippen molar-refractivity contribution in [2.45, 2.75) is 25.9 Å². The summed E-state index contributed by atoms with van der Waals surface area (Å²) in [7, 11) is 0. The highest BCUT2D eigenvalue weighted by atomic mass is 16.7. The molecule has 0 saturated heterocycles. The van der Waals surface area contributed by atoms with Crippen molar-refractivity contribution >= 4 is 6.16 Å². The number of carbonyl (C=O) groups is 1. The van der Waals surface area contributed by atoms with Gasteiger partial charge in [-0.15, -0.1) is 0 Å².